The molecule has 2 rings (SSSR count). The first-order valence-corrected chi connectivity index (χ1v) is 7.26. The van der Waals surface area contributed by atoms with Crippen LogP contribution in [0.4, 0.5) is 0 Å². The molecule has 0 aromatic rings. The maximum atomic E-state index is 12.4. The Balaban J connectivity index is 1.90. The van der Waals surface area contributed by atoms with Crippen molar-refractivity contribution in [2.24, 2.45) is 11.8 Å². The lowest BCUT2D eigenvalue weighted by Crippen LogP contribution is -2.39. The SMILES string of the molecule is CC(=O)N1CCCN(C(=O)C2CCC(C(=O)O)C2)CC1. The summed E-state index contributed by atoms with van der Waals surface area (Å²) in [7, 11) is 0. The number of aliphatic carboxylic acids is 1. The van der Waals surface area contributed by atoms with Crippen molar-refractivity contribution in [1.29, 1.82) is 0 Å². The third kappa shape index (κ3) is 3.29. The average Bonchev–Trinajstić information content (AvgIpc) is 2.76. The van der Waals surface area contributed by atoms with Crippen molar-refractivity contribution in [2.45, 2.75) is 32.6 Å². The number of hydrogen-bond acceptors (Lipinski definition) is 3. The Morgan fingerprint density at radius 3 is 2.15 bits per heavy atom. The van der Waals surface area contributed by atoms with Crippen LogP contribution in [-0.2, 0) is 14.4 Å². The molecule has 1 aliphatic carbocycles. The topological polar surface area (TPSA) is 77.9 Å². The van der Waals surface area contributed by atoms with Crippen molar-refractivity contribution in [2.75, 3.05) is 26.2 Å². The zero-order valence-electron chi connectivity index (χ0n) is 11.9. The molecule has 1 aliphatic heterocycles. The fourth-order valence-corrected chi connectivity index (χ4v) is 3.14. The standard InChI is InChI=1S/C14H22N2O4/c1-10(17)15-5-2-6-16(8-7-15)13(18)11-3-4-12(9-11)14(19)20/h11-12H,2-9H2,1H3,(H,19,20). The van der Waals surface area contributed by atoms with Crippen molar-refractivity contribution in [1.82, 2.24) is 9.80 Å². The van der Waals surface area contributed by atoms with Gasteiger partial charge in [-0.1, -0.05) is 0 Å². The smallest absolute Gasteiger partial charge is 0.306 e. The van der Waals surface area contributed by atoms with E-state index in [9.17, 15) is 14.4 Å². The van der Waals surface area contributed by atoms with Crippen LogP contribution < -0.4 is 0 Å². The minimum absolute atomic E-state index is 0.0473. The molecule has 2 aliphatic rings. The van der Waals surface area contributed by atoms with Gasteiger partial charge < -0.3 is 14.9 Å². The minimum atomic E-state index is -0.793. The van der Waals surface area contributed by atoms with E-state index in [2.05, 4.69) is 0 Å². The zero-order valence-corrected chi connectivity index (χ0v) is 11.9. The second-order valence-corrected chi connectivity index (χ2v) is 5.73. The molecule has 2 unspecified atom stereocenters. The molecule has 1 saturated heterocycles. The maximum Gasteiger partial charge on any atom is 0.306 e. The van der Waals surface area contributed by atoms with Gasteiger partial charge in [-0.05, 0) is 25.7 Å². The molecule has 0 aromatic carbocycles. The molecule has 112 valence electrons. The van der Waals surface area contributed by atoms with Crippen LogP contribution >= 0.6 is 0 Å². The fraction of sp³-hybridized carbons (Fsp3) is 0.786. The maximum absolute atomic E-state index is 12.4. The summed E-state index contributed by atoms with van der Waals surface area (Å²) in [6.45, 7) is 4.05. The Kier molecular flexibility index (Phi) is 4.62. The number of nitrogens with zero attached hydrogens (tertiary/aromatic N) is 2. The van der Waals surface area contributed by atoms with Crippen molar-refractivity contribution in [3.05, 3.63) is 0 Å². The number of amides is 2. The molecule has 6 heteroatoms. The Bertz CT molecular complexity index is 410. The lowest BCUT2D eigenvalue weighted by atomic mass is 10.0. The third-order valence-electron chi connectivity index (χ3n) is 4.38. The Labute approximate surface area is 118 Å². The van der Waals surface area contributed by atoms with Crippen molar-refractivity contribution >= 4 is 17.8 Å². The first-order valence-electron chi connectivity index (χ1n) is 7.26. The summed E-state index contributed by atoms with van der Waals surface area (Å²) in [6, 6.07) is 0. The number of hydrogen-bond donors (Lipinski definition) is 1. The molecular formula is C14H22N2O4. The fourth-order valence-electron chi connectivity index (χ4n) is 3.14. The summed E-state index contributed by atoms with van der Waals surface area (Å²) in [6.07, 6.45) is 2.52. The summed E-state index contributed by atoms with van der Waals surface area (Å²) in [5.41, 5.74) is 0. The van der Waals surface area contributed by atoms with E-state index in [1.54, 1.807) is 16.7 Å². The summed E-state index contributed by atoms with van der Waals surface area (Å²) < 4.78 is 0. The highest BCUT2D eigenvalue weighted by atomic mass is 16.4. The molecule has 0 aromatic heterocycles. The highest BCUT2D eigenvalue weighted by Gasteiger charge is 2.36. The van der Waals surface area contributed by atoms with E-state index in [1.165, 1.54) is 0 Å². The summed E-state index contributed by atoms with van der Waals surface area (Å²) in [4.78, 5) is 38.3. The number of carbonyl (C=O) groups is 3. The molecule has 2 fully saturated rings. The van der Waals surface area contributed by atoms with E-state index < -0.39 is 5.97 Å². The van der Waals surface area contributed by atoms with Gasteiger partial charge in [0, 0.05) is 39.0 Å². The predicted octanol–water partition coefficient (Wildman–Crippen LogP) is 0.568. The van der Waals surface area contributed by atoms with Gasteiger partial charge >= 0.3 is 5.97 Å². The molecule has 20 heavy (non-hydrogen) atoms. The van der Waals surface area contributed by atoms with E-state index >= 15 is 0 Å². The molecule has 6 nitrogen and oxygen atoms in total. The number of carboxylic acid groups (broad SMARTS) is 1. The molecular weight excluding hydrogens is 260 g/mol. The molecule has 1 saturated carbocycles. The van der Waals surface area contributed by atoms with Crippen molar-refractivity contribution in [3.63, 3.8) is 0 Å². The van der Waals surface area contributed by atoms with Gasteiger partial charge in [-0.2, -0.15) is 0 Å². The normalized spacial score (nSPS) is 27.2. The van der Waals surface area contributed by atoms with Crippen LogP contribution in [0, 0.1) is 11.8 Å². The van der Waals surface area contributed by atoms with Crippen LogP contribution in [-0.4, -0.2) is 58.9 Å². The van der Waals surface area contributed by atoms with Crippen LogP contribution in [0.15, 0.2) is 0 Å². The van der Waals surface area contributed by atoms with Gasteiger partial charge in [-0.25, -0.2) is 0 Å². The van der Waals surface area contributed by atoms with Crippen LogP contribution in [0.3, 0.4) is 0 Å². The number of carboxylic acids is 1. The van der Waals surface area contributed by atoms with Crippen molar-refractivity contribution in [3.8, 4) is 0 Å². The zero-order chi connectivity index (χ0) is 14.7. The van der Waals surface area contributed by atoms with E-state index in [4.69, 9.17) is 5.11 Å². The highest BCUT2D eigenvalue weighted by molar-refractivity contribution is 5.81. The van der Waals surface area contributed by atoms with Gasteiger partial charge in [-0.3, -0.25) is 14.4 Å². The van der Waals surface area contributed by atoms with Gasteiger partial charge in [-0.15, -0.1) is 0 Å². The molecule has 2 amide bonds. The Morgan fingerprint density at radius 2 is 1.55 bits per heavy atom. The van der Waals surface area contributed by atoms with Crippen LogP contribution in [0.5, 0.6) is 0 Å². The Morgan fingerprint density at radius 1 is 0.950 bits per heavy atom. The predicted molar refractivity (Wildman–Crippen MR) is 71.9 cm³/mol. The Hall–Kier alpha value is -1.59. The largest absolute Gasteiger partial charge is 0.481 e. The van der Waals surface area contributed by atoms with Crippen molar-refractivity contribution < 1.29 is 19.5 Å². The van der Waals surface area contributed by atoms with Gasteiger partial charge in [0.05, 0.1) is 5.92 Å². The monoisotopic (exact) mass is 282 g/mol. The second kappa shape index (κ2) is 6.24. The lowest BCUT2D eigenvalue weighted by molar-refractivity contribution is -0.142. The molecule has 0 spiro atoms. The highest BCUT2D eigenvalue weighted by Crippen LogP contribution is 2.32. The lowest BCUT2D eigenvalue weighted by Gasteiger charge is -2.24. The van der Waals surface area contributed by atoms with E-state index in [-0.39, 0.29) is 23.7 Å². The summed E-state index contributed by atoms with van der Waals surface area (Å²) >= 11 is 0. The van der Waals surface area contributed by atoms with Crippen LogP contribution in [0.2, 0.25) is 0 Å². The third-order valence-corrected chi connectivity index (χ3v) is 4.38. The van der Waals surface area contributed by atoms with Crippen LogP contribution in [0.1, 0.15) is 32.6 Å². The second-order valence-electron chi connectivity index (χ2n) is 5.73. The quantitative estimate of drug-likeness (QED) is 0.803. The molecule has 1 heterocycles. The molecule has 0 radical (unpaired) electrons. The van der Waals surface area contributed by atoms with Gasteiger partial charge in [0.15, 0.2) is 0 Å². The van der Waals surface area contributed by atoms with E-state index in [0.717, 1.165) is 6.42 Å². The number of carbonyl (C=O) groups excluding carboxylic acids is 2. The summed E-state index contributed by atoms with van der Waals surface area (Å²) in [5, 5.41) is 8.99. The molecule has 0 bridgehead atoms. The van der Waals surface area contributed by atoms with E-state index in [0.29, 0.717) is 45.4 Å². The van der Waals surface area contributed by atoms with E-state index in [1.807, 2.05) is 0 Å². The number of rotatable bonds is 2. The van der Waals surface area contributed by atoms with Gasteiger partial charge in [0.1, 0.15) is 0 Å². The first kappa shape index (κ1) is 14.8. The summed E-state index contributed by atoms with van der Waals surface area (Å²) in [5.74, 6) is -1.20. The van der Waals surface area contributed by atoms with Gasteiger partial charge in [0.2, 0.25) is 11.8 Å². The van der Waals surface area contributed by atoms with Gasteiger partial charge in [0.25, 0.3) is 0 Å². The first-order chi connectivity index (χ1) is 9.49. The minimum Gasteiger partial charge on any atom is -0.481 e. The van der Waals surface area contributed by atoms with Crippen LogP contribution in [0.25, 0.3) is 0 Å². The molecule has 1 N–H and O–H groups in total. The molecule has 2 atom stereocenters. The average molecular weight is 282 g/mol.